The van der Waals surface area contributed by atoms with Gasteiger partial charge in [0.25, 0.3) is 11.8 Å². The highest BCUT2D eigenvalue weighted by Gasteiger charge is 2.52. The number of hydrogen-bond acceptors (Lipinski definition) is 3. The van der Waals surface area contributed by atoms with E-state index >= 15 is 0 Å². The van der Waals surface area contributed by atoms with Crippen molar-refractivity contribution in [1.82, 2.24) is 4.90 Å². The van der Waals surface area contributed by atoms with Crippen molar-refractivity contribution in [2.45, 2.75) is 25.3 Å². The van der Waals surface area contributed by atoms with E-state index in [1.807, 2.05) is 6.92 Å². The summed E-state index contributed by atoms with van der Waals surface area (Å²) in [5.41, 5.74) is 6.31. The zero-order valence-electron chi connectivity index (χ0n) is 10.3. The summed E-state index contributed by atoms with van der Waals surface area (Å²) in [5.74, 6) is -0.0457. The normalized spacial score (nSPS) is 22.0. The maximum atomic E-state index is 12.4. The number of imide groups is 1. The number of rotatable bonds is 3. The molecule has 0 spiro atoms. The third-order valence-electron chi connectivity index (χ3n) is 4.17. The fourth-order valence-corrected chi connectivity index (χ4v) is 2.80. The molecule has 0 bridgehead atoms. The van der Waals surface area contributed by atoms with E-state index < -0.39 is 5.54 Å². The zero-order chi connectivity index (χ0) is 12.9. The highest BCUT2D eigenvalue weighted by molar-refractivity contribution is 6.21. The van der Waals surface area contributed by atoms with E-state index in [4.69, 9.17) is 5.73 Å². The molecule has 2 amide bonds. The van der Waals surface area contributed by atoms with Gasteiger partial charge < -0.3 is 5.73 Å². The van der Waals surface area contributed by atoms with Crippen molar-refractivity contribution < 1.29 is 9.59 Å². The SMILES string of the molecule is CC(CN)(C1CC1)N1C(=O)c2ccccc2C1=O. The lowest BCUT2D eigenvalue weighted by Crippen LogP contribution is -2.55. The summed E-state index contributed by atoms with van der Waals surface area (Å²) in [4.78, 5) is 26.2. The number of fused-ring (bicyclic) bond motifs is 1. The average molecular weight is 244 g/mol. The number of hydrogen-bond donors (Lipinski definition) is 1. The molecule has 4 nitrogen and oxygen atoms in total. The van der Waals surface area contributed by atoms with Crippen molar-refractivity contribution in [3.05, 3.63) is 35.4 Å². The van der Waals surface area contributed by atoms with Gasteiger partial charge in [0.2, 0.25) is 0 Å². The summed E-state index contributed by atoms with van der Waals surface area (Å²) < 4.78 is 0. The Kier molecular flexibility index (Phi) is 2.32. The van der Waals surface area contributed by atoms with Gasteiger partial charge >= 0.3 is 0 Å². The molecule has 18 heavy (non-hydrogen) atoms. The summed E-state index contributed by atoms with van der Waals surface area (Å²) in [5, 5.41) is 0. The third kappa shape index (κ3) is 1.35. The fourth-order valence-electron chi connectivity index (χ4n) is 2.80. The molecule has 0 radical (unpaired) electrons. The molecule has 1 aromatic rings. The number of nitrogens with zero attached hydrogens (tertiary/aromatic N) is 1. The fraction of sp³-hybridized carbons (Fsp3) is 0.429. The molecule has 1 atom stereocenters. The summed E-state index contributed by atoms with van der Waals surface area (Å²) >= 11 is 0. The lowest BCUT2D eigenvalue weighted by Gasteiger charge is -2.36. The van der Waals surface area contributed by atoms with E-state index in [0.717, 1.165) is 12.8 Å². The highest BCUT2D eigenvalue weighted by atomic mass is 16.2. The Morgan fingerprint density at radius 2 is 1.72 bits per heavy atom. The highest BCUT2D eigenvalue weighted by Crippen LogP contribution is 2.45. The molecule has 1 aromatic carbocycles. The number of nitrogens with two attached hydrogens (primary N) is 1. The number of carbonyl (C=O) groups excluding carboxylic acids is 2. The van der Waals surface area contributed by atoms with Gasteiger partial charge in [-0.25, -0.2) is 0 Å². The Hall–Kier alpha value is -1.68. The molecule has 1 aliphatic heterocycles. The van der Waals surface area contributed by atoms with Gasteiger partial charge in [0.1, 0.15) is 0 Å². The quantitative estimate of drug-likeness (QED) is 0.818. The summed E-state index contributed by atoms with van der Waals surface area (Å²) in [7, 11) is 0. The van der Waals surface area contributed by atoms with Crippen molar-refractivity contribution in [1.29, 1.82) is 0 Å². The Labute approximate surface area is 106 Å². The van der Waals surface area contributed by atoms with Gasteiger partial charge in [0.05, 0.1) is 16.7 Å². The largest absolute Gasteiger partial charge is 0.328 e. The van der Waals surface area contributed by atoms with Gasteiger partial charge in [-0.1, -0.05) is 12.1 Å². The van der Waals surface area contributed by atoms with E-state index in [1.54, 1.807) is 24.3 Å². The number of amides is 2. The van der Waals surface area contributed by atoms with Gasteiger partial charge in [-0.05, 0) is 37.8 Å². The minimum absolute atomic E-state index is 0.199. The lowest BCUT2D eigenvalue weighted by atomic mass is 9.93. The maximum Gasteiger partial charge on any atom is 0.262 e. The Morgan fingerprint density at radius 1 is 1.22 bits per heavy atom. The zero-order valence-corrected chi connectivity index (χ0v) is 10.3. The molecule has 0 saturated heterocycles. The van der Waals surface area contributed by atoms with Crippen LogP contribution in [0.5, 0.6) is 0 Å². The molecule has 94 valence electrons. The van der Waals surface area contributed by atoms with E-state index in [-0.39, 0.29) is 11.8 Å². The van der Waals surface area contributed by atoms with Gasteiger partial charge in [-0.15, -0.1) is 0 Å². The minimum atomic E-state index is -0.535. The monoisotopic (exact) mass is 244 g/mol. The number of benzene rings is 1. The minimum Gasteiger partial charge on any atom is -0.328 e. The van der Waals surface area contributed by atoms with Crippen LogP contribution in [0.4, 0.5) is 0 Å². The van der Waals surface area contributed by atoms with Crippen LogP contribution in [-0.2, 0) is 0 Å². The molecular weight excluding hydrogens is 228 g/mol. The first-order valence-corrected chi connectivity index (χ1v) is 6.27. The van der Waals surface area contributed by atoms with Gasteiger partial charge in [0, 0.05) is 6.54 Å². The molecule has 1 fully saturated rings. The average Bonchev–Trinajstić information content (AvgIpc) is 3.19. The van der Waals surface area contributed by atoms with Crippen molar-refractivity contribution in [2.75, 3.05) is 6.54 Å². The van der Waals surface area contributed by atoms with Crippen LogP contribution < -0.4 is 5.73 Å². The standard InChI is InChI=1S/C14H16N2O2/c1-14(8-15,9-6-7-9)16-12(17)10-4-2-3-5-11(10)13(16)18/h2-5,9H,6-8,15H2,1H3. The molecule has 1 unspecified atom stereocenters. The maximum absolute atomic E-state index is 12.4. The predicted molar refractivity (Wildman–Crippen MR) is 67.1 cm³/mol. The molecule has 1 heterocycles. The molecule has 3 rings (SSSR count). The molecule has 1 aliphatic carbocycles. The van der Waals surface area contributed by atoms with E-state index in [1.165, 1.54) is 4.90 Å². The van der Waals surface area contributed by atoms with Crippen LogP contribution in [0.25, 0.3) is 0 Å². The van der Waals surface area contributed by atoms with Crippen LogP contribution in [0, 0.1) is 5.92 Å². The smallest absolute Gasteiger partial charge is 0.262 e. The van der Waals surface area contributed by atoms with E-state index in [0.29, 0.717) is 23.6 Å². The van der Waals surface area contributed by atoms with Crippen LogP contribution in [0.2, 0.25) is 0 Å². The van der Waals surface area contributed by atoms with E-state index in [9.17, 15) is 9.59 Å². The molecule has 1 saturated carbocycles. The van der Waals surface area contributed by atoms with Crippen molar-refractivity contribution in [3.8, 4) is 0 Å². The van der Waals surface area contributed by atoms with Crippen LogP contribution >= 0.6 is 0 Å². The molecule has 2 aliphatic rings. The van der Waals surface area contributed by atoms with Crippen LogP contribution in [0.1, 0.15) is 40.5 Å². The second-order valence-corrected chi connectivity index (χ2v) is 5.33. The third-order valence-corrected chi connectivity index (χ3v) is 4.17. The molecule has 2 N–H and O–H groups in total. The first kappa shape index (κ1) is 11.4. The van der Waals surface area contributed by atoms with Crippen LogP contribution in [-0.4, -0.2) is 28.8 Å². The molecule has 0 aromatic heterocycles. The van der Waals surface area contributed by atoms with Crippen molar-refractivity contribution >= 4 is 11.8 Å². The van der Waals surface area contributed by atoms with Crippen molar-refractivity contribution in [2.24, 2.45) is 11.7 Å². The summed E-state index contributed by atoms with van der Waals surface area (Å²) in [6.45, 7) is 2.25. The Morgan fingerprint density at radius 3 is 2.11 bits per heavy atom. The second-order valence-electron chi connectivity index (χ2n) is 5.33. The second kappa shape index (κ2) is 3.65. The summed E-state index contributed by atoms with van der Waals surface area (Å²) in [6, 6.07) is 6.98. The predicted octanol–water partition coefficient (Wildman–Crippen LogP) is 1.41. The first-order valence-electron chi connectivity index (χ1n) is 6.27. The van der Waals surface area contributed by atoms with Gasteiger partial charge in [0.15, 0.2) is 0 Å². The lowest BCUT2D eigenvalue weighted by molar-refractivity contribution is 0.0423. The first-order chi connectivity index (χ1) is 8.59. The Balaban J connectivity index is 2.06. The van der Waals surface area contributed by atoms with Crippen LogP contribution in [0.15, 0.2) is 24.3 Å². The van der Waals surface area contributed by atoms with E-state index in [2.05, 4.69) is 0 Å². The Bertz CT molecular complexity index is 501. The molecular formula is C14H16N2O2. The van der Waals surface area contributed by atoms with Gasteiger partial charge in [-0.3, -0.25) is 14.5 Å². The molecule has 4 heteroatoms. The van der Waals surface area contributed by atoms with Crippen LogP contribution in [0.3, 0.4) is 0 Å². The van der Waals surface area contributed by atoms with Gasteiger partial charge in [-0.2, -0.15) is 0 Å². The topological polar surface area (TPSA) is 63.4 Å². The number of carbonyl (C=O) groups is 2. The van der Waals surface area contributed by atoms with Crippen molar-refractivity contribution in [3.63, 3.8) is 0 Å². The summed E-state index contributed by atoms with van der Waals surface area (Å²) in [6.07, 6.45) is 2.09.